The van der Waals surface area contributed by atoms with Gasteiger partial charge in [-0.25, -0.2) is 0 Å². The van der Waals surface area contributed by atoms with Gasteiger partial charge in [-0.2, -0.15) is 0 Å². The minimum absolute atomic E-state index is 0.142. The molecule has 0 heterocycles. The van der Waals surface area contributed by atoms with Crippen LogP contribution < -0.4 is 11.1 Å². The van der Waals surface area contributed by atoms with E-state index in [1.165, 1.54) is 18.2 Å². The van der Waals surface area contributed by atoms with Crippen LogP contribution in [0.1, 0.15) is 24.2 Å². The molecule has 0 spiro atoms. The SMILES string of the molecule is CC(C)C(Br)C(=O)Nc1cc(C(N)=O)ccc1Cl. The first-order valence-corrected chi connectivity index (χ1v) is 6.66. The molecule has 98 valence electrons. The third kappa shape index (κ3) is 3.71. The Hall–Kier alpha value is -1.07. The first kappa shape index (κ1) is 15.0. The fourth-order valence-electron chi connectivity index (χ4n) is 1.28. The summed E-state index contributed by atoms with van der Waals surface area (Å²) in [7, 11) is 0. The lowest BCUT2D eigenvalue weighted by Crippen LogP contribution is -2.27. The first-order chi connectivity index (χ1) is 8.32. The van der Waals surface area contributed by atoms with Gasteiger partial charge in [0.15, 0.2) is 0 Å². The van der Waals surface area contributed by atoms with E-state index in [-0.39, 0.29) is 16.7 Å². The van der Waals surface area contributed by atoms with Crippen molar-refractivity contribution < 1.29 is 9.59 Å². The van der Waals surface area contributed by atoms with Gasteiger partial charge in [0.1, 0.15) is 0 Å². The number of rotatable bonds is 4. The van der Waals surface area contributed by atoms with E-state index < -0.39 is 5.91 Å². The molecule has 18 heavy (non-hydrogen) atoms. The molecule has 0 bridgehead atoms. The molecular weight excluding hydrogens is 320 g/mol. The number of anilines is 1. The Morgan fingerprint density at radius 3 is 2.50 bits per heavy atom. The number of hydrogen-bond acceptors (Lipinski definition) is 2. The molecule has 3 N–H and O–H groups in total. The molecule has 1 atom stereocenters. The Morgan fingerprint density at radius 1 is 1.39 bits per heavy atom. The minimum Gasteiger partial charge on any atom is -0.366 e. The molecule has 1 aromatic carbocycles. The summed E-state index contributed by atoms with van der Waals surface area (Å²) in [5, 5.41) is 3.02. The highest BCUT2D eigenvalue weighted by atomic mass is 79.9. The lowest BCUT2D eigenvalue weighted by molar-refractivity contribution is -0.116. The Bertz CT molecular complexity index is 477. The van der Waals surface area contributed by atoms with Crippen molar-refractivity contribution >= 4 is 45.0 Å². The van der Waals surface area contributed by atoms with Crippen molar-refractivity contribution in [2.24, 2.45) is 11.7 Å². The molecule has 0 aromatic heterocycles. The molecule has 0 fully saturated rings. The molecule has 0 aliphatic carbocycles. The maximum atomic E-state index is 11.9. The van der Waals surface area contributed by atoms with Gasteiger partial charge in [-0.3, -0.25) is 9.59 Å². The normalized spacial score (nSPS) is 12.3. The van der Waals surface area contributed by atoms with Crippen molar-refractivity contribution in [1.82, 2.24) is 0 Å². The van der Waals surface area contributed by atoms with Crippen LogP contribution >= 0.6 is 27.5 Å². The molecule has 0 aliphatic heterocycles. The zero-order valence-electron chi connectivity index (χ0n) is 10.0. The predicted molar refractivity (Wildman–Crippen MR) is 76.2 cm³/mol. The Labute approximate surface area is 119 Å². The van der Waals surface area contributed by atoms with Gasteiger partial charge < -0.3 is 11.1 Å². The third-order valence-corrected chi connectivity index (χ3v) is 4.15. The van der Waals surface area contributed by atoms with E-state index in [2.05, 4.69) is 21.2 Å². The van der Waals surface area contributed by atoms with Crippen LogP contribution in [-0.4, -0.2) is 16.6 Å². The summed E-state index contributed by atoms with van der Waals surface area (Å²) in [4.78, 5) is 22.6. The van der Waals surface area contributed by atoms with Gasteiger partial charge >= 0.3 is 0 Å². The highest BCUT2D eigenvalue weighted by Gasteiger charge is 2.19. The Kier molecular flexibility index (Phi) is 5.16. The number of benzene rings is 1. The van der Waals surface area contributed by atoms with Gasteiger partial charge in [0, 0.05) is 5.56 Å². The van der Waals surface area contributed by atoms with Gasteiger partial charge in [-0.05, 0) is 24.1 Å². The smallest absolute Gasteiger partial charge is 0.248 e. The zero-order chi connectivity index (χ0) is 13.9. The topological polar surface area (TPSA) is 72.2 Å². The van der Waals surface area contributed by atoms with Crippen LogP contribution in [0.2, 0.25) is 5.02 Å². The van der Waals surface area contributed by atoms with E-state index in [4.69, 9.17) is 17.3 Å². The zero-order valence-corrected chi connectivity index (χ0v) is 12.4. The number of amides is 2. The van der Waals surface area contributed by atoms with Crippen LogP contribution in [0.4, 0.5) is 5.69 Å². The standard InChI is InChI=1S/C12H14BrClN2O2/c1-6(2)10(13)12(18)16-9-5-7(11(15)17)3-4-8(9)14/h3-6,10H,1-2H3,(H2,15,17)(H,16,18). The van der Waals surface area contributed by atoms with E-state index in [1.807, 2.05) is 13.8 Å². The maximum absolute atomic E-state index is 11.9. The fourth-order valence-corrected chi connectivity index (χ4v) is 1.56. The van der Waals surface area contributed by atoms with Crippen LogP contribution in [-0.2, 0) is 4.79 Å². The van der Waals surface area contributed by atoms with Crippen LogP contribution in [0.3, 0.4) is 0 Å². The Balaban J connectivity index is 2.93. The summed E-state index contributed by atoms with van der Waals surface area (Å²) in [6, 6.07) is 4.49. The Morgan fingerprint density at radius 2 is 2.00 bits per heavy atom. The minimum atomic E-state index is -0.568. The van der Waals surface area contributed by atoms with Gasteiger partial charge in [0.05, 0.1) is 15.5 Å². The summed E-state index contributed by atoms with van der Waals surface area (Å²) >= 11 is 9.24. The van der Waals surface area contributed by atoms with Gasteiger partial charge in [0.2, 0.25) is 11.8 Å². The molecule has 2 amide bonds. The number of nitrogens with two attached hydrogens (primary N) is 1. The quantitative estimate of drug-likeness (QED) is 0.832. The van der Waals surface area contributed by atoms with Gasteiger partial charge in [-0.15, -0.1) is 0 Å². The van der Waals surface area contributed by atoms with Crippen LogP contribution in [0.15, 0.2) is 18.2 Å². The van der Waals surface area contributed by atoms with Crippen molar-refractivity contribution in [2.75, 3.05) is 5.32 Å². The van der Waals surface area contributed by atoms with E-state index in [0.29, 0.717) is 16.3 Å². The summed E-state index contributed by atoms with van der Waals surface area (Å²) in [5.41, 5.74) is 5.84. The lowest BCUT2D eigenvalue weighted by Gasteiger charge is -2.15. The van der Waals surface area contributed by atoms with Crippen molar-refractivity contribution in [3.05, 3.63) is 28.8 Å². The number of alkyl halides is 1. The van der Waals surface area contributed by atoms with Crippen LogP contribution in [0.25, 0.3) is 0 Å². The van der Waals surface area contributed by atoms with E-state index in [0.717, 1.165) is 0 Å². The molecular formula is C12H14BrClN2O2. The molecule has 1 aromatic rings. The summed E-state index contributed by atoms with van der Waals surface area (Å²) in [6.07, 6.45) is 0. The number of halogens is 2. The average Bonchev–Trinajstić information content (AvgIpc) is 2.30. The molecule has 1 rings (SSSR count). The average molecular weight is 334 g/mol. The number of carbonyl (C=O) groups is 2. The van der Waals surface area contributed by atoms with E-state index in [9.17, 15) is 9.59 Å². The van der Waals surface area contributed by atoms with Crippen LogP contribution in [0.5, 0.6) is 0 Å². The van der Waals surface area contributed by atoms with E-state index >= 15 is 0 Å². The van der Waals surface area contributed by atoms with Crippen molar-refractivity contribution in [3.63, 3.8) is 0 Å². The second kappa shape index (κ2) is 6.20. The molecule has 0 saturated carbocycles. The van der Waals surface area contributed by atoms with Crippen molar-refractivity contribution in [1.29, 1.82) is 0 Å². The fraction of sp³-hybridized carbons (Fsp3) is 0.333. The lowest BCUT2D eigenvalue weighted by atomic mass is 10.1. The molecule has 0 saturated heterocycles. The maximum Gasteiger partial charge on any atom is 0.248 e. The van der Waals surface area contributed by atoms with E-state index in [1.54, 1.807) is 0 Å². The molecule has 0 radical (unpaired) electrons. The number of hydrogen-bond donors (Lipinski definition) is 2. The van der Waals surface area contributed by atoms with Crippen molar-refractivity contribution in [2.45, 2.75) is 18.7 Å². The highest BCUT2D eigenvalue weighted by molar-refractivity contribution is 9.10. The largest absolute Gasteiger partial charge is 0.366 e. The molecule has 4 nitrogen and oxygen atoms in total. The first-order valence-electron chi connectivity index (χ1n) is 5.37. The second-order valence-corrected chi connectivity index (χ2v) is 5.59. The number of primary amides is 1. The molecule has 1 unspecified atom stereocenters. The number of nitrogens with one attached hydrogen (secondary N) is 1. The molecule has 6 heteroatoms. The third-order valence-electron chi connectivity index (χ3n) is 2.34. The summed E-state index contributed by atoms with van der Waals surface area (Å²) in [6.45, 7) is 3.83. The highest BCUT2D eigenvalue weighted by Crippen LogP contribution is 2.24. The van der Waals surface area contributed by atoms with Gasteiger partial charge in [0.25, 0.3) is 0 Å². The van der Waals surface area contributed by atoms with Crippen LogP contribution in [0, 0.1) is 5.92 Å². The molecule has 0 aliphatic rings. The predicted octanol–water partition coefficient (Wildman–Crippen LogP) is 2.80. The second-order valence-electron chi connectivity index (χ2n) is 4.19. The summed E-state index contributed by atoms with van der Waals surface area (Å²) < 4.78 is 0. The summed E-state index contributed by atoms with van der Waals surface area (Å²) in [5.74, 6) is -0.641. The number of carbonyl (C=O) groups excluding carboxylic acids is 2. The monoisotopic (exact) mass is 332 g/mol. The van der Waals surface area contributed by atoms with Gasteiger partial charge in [-0.1, -0.05) is 41.4 Å². The van der Waals surface area contributed by atoms with Crippen molar-refractivity contribution in [3.8, 4) is 0 Å².